The highest BCUT2D eigenvalue weighted by molar-refractivity contribution is 7.88. The zero-order valence-electron chi connectivity index (χ0n) is 16.4. The Morgan fingerprint density at radius 3 is 2.66 bits per heavy atom. The lowest BCUT2D eigenvalue weighted by atomic mass is 9.98. The first-order valence-electron chi connectivity index (χ1n) is 9.84. The Bertz CT molecular complexity index is 954. The number of fused-ring (bicyclic) bond motifs is 1. The van der Waals surface area contributed by atoms with Gasteiger partial charge in [0.15, 0.2) is 5.82 Å². The van der Waals surface area contributed by atoms with Gasteiger partial charge in [-0.25, -0.2) is 17.7 Å². The Labute approximate surface area is 180 Å². The molecular weight excluding hydrogens is 434 g/mol. The zero-order valence-corrected chi connectivity index (χ0v) is 18.8. The third kappa shape index (κ3) is 5.18. The number of piperidine rings is 1. The molecule has 0 unspecified atom stereocenters. The topological polar surface area (TPSA) is 87.7 Å². The minimum atomic E-state index is -3.07. The number of rotatable bonds is 6. The van der Waals surface area contributed by atoms with Gasteiger partial charge in [-0.05, 0) is 43.0 Å². The number of halogens is 1. The van der Waals surface area contributed by atoms with E-state index in [1.807, 2.05) is 0 Å². The van der Waals surface area contributed by atoms with Gasteiger partial charge in [-0.1, -0.05) is 0 Å². The highest BCUT2D eigenvalue weighted by atomic mass is 35.5. The summed E-state index contributed by atoms with van der Waals surface area (Å²) in [6.45, 7) is 5.88. The average Bonchev–Trinajstić information content (AvgIpc) is 3.10. The molecule has 29 heavy (non-hydrogen) atoms. The largest absolute Gasteiger partial charge is 0.378 e. The summed E-state index contributed by atoms with van der Waals surface area (Å²) in [5.74, 6) is 1.40. The lowest BCUT2D eigenvalue weighted by molar-refractivity contribution is 0.122. The maximum atomic E-state index is 11.6. The molecule has 0 bridgehead atoms. The number of aromatic nitrogens is 2. The quantitative estimate of drug-likeness (QED) is 0.660. The summed E-state index contributed by atoms with van der Waals surface area (Å²) in [5, 5.41) is 3.80. The van der Waals surface area contributed by atoms with Crippen molar-refractivity contribution in [2.75, 3.05) is 57.1 Å². The van der Waals surface area contributed by atoms with Gasteiger partial charge in [-0.15, -0.1) is 11.3 Å². The lowest BCUT2D eigenvalue weighted by Gasteiger charge is -2.30. The van der Waals surface area contributed by atoms with Crippen LogP contribution in [0.15, 0.2) is 6.07 Å². The molecule has 11 heteroatoms. The first-order valence-corrected chi connectivity index (χ1v) is 12.9. The van der Waals surface area contributed by atoms with Crippen LogP contribution in [0.4, 0.5) is 5.82 Å². The molecule has 2 aromatic heterocycles. The summed E-state index contributed by atoms with van der Waals surface area (Å²) in [6, 6.07) is 2.08. The van der Waals surface area contributed by atoms with E-state index in [1.165, 1.54) is 11.1 Å². The van der Waals surface area contributed by atoms with E-state index in [0.717, 1.165) is 55.1 Å². The van der Waals surface area contributed by atoms with E-state index in [2.05, 4.69) is 26.3 Å². The first-order chi connectivity index (χ1) is 13.9. The molecule has 0 spiro atoms. The number of ether oxygens (including phenoxy) is 1. The van der Waals surface area contributed by atoms with Crippen LogP contribution < -0.4 is 10.2 Å². The highest BCUT2D eigenvalue weighted by Crippen LogP contribution is 2.33. The SMILES string of the molecule is CS(=O)(=O)N1CCC(CNCc2cc3nc(Cl)nc(N4CCOCC4)c3s2)CC1. The van der Waals surface area contributed by atoms with Gasteiger partial charge in [0.25, 0.3) is 0 Å². The van der Waals surface area contributed by atoms with E-state index < -0.39 is 10.0 Å². The Morgan fingerprint density at radius 2 is 1.97 bits per heavy atom. The van der Waals surface area contributed by atoms with Crippen molar-refractivity contribution in [1.29, 1.82) is 0 Å². The van der Waals surface area contributed by atoms with Crippen LogP contribution in [0.3, 0.4) is 0 Å². The van der Waals surface area contributed by atoms with E-state index in [9.17, 15) is 8.42 Å². The fraction of sp³-hybridized carbons (Fsp3) is 0.667. The molecule has 2 aliphatic heterocycles. The maximum Gasteiger partial charge on any atom is 0.224 e. The molecule has 2 aliphatic rings. The van der Waals surface area contributed by atoms with Crippen LogP contribution in [-0.4, -0.2) is 74.9 Å². The van der Waals surface area contributed by atoms with E-state index >= 15 is 0 Å². The van der Waals surface area contributed by atoms with Crippen molar-refractivity contribution in [2.45, 2.75) is 19.4 Å². The van der Waals surface area contributed by atoms with Crippen molar-refractivity contribution in [2.24, 2.45) is 5.92 Å². The number of sulfonamides is 1. The fourth-order valence-corrected chi connectivity index (χ4v) is 5.99. The molecule has 0 saturated carbocycles. The number of hydrogen-bond acceptors (Lipinski definition) is 8. The van der Waals surface area contributed by atoms with Gasteiger partial charge in [0.2, 0.25) is 15.3 Å². The average molecular weight is 460 g/mol. The maximum absolute atomic E-state index is 11.6. The van der Waals surface area contributed by atoms with Crippen LogP contribution in [0, 0.1) is 5.92 Å². The van der Waals surface area contributed by atoms with Gasteiger partial charge in [0.1, 0.15) is 0 Å². The molecule has 2 fully saturated rings. The molecule has 2 saturated heterocycles. The summed E-state index contributed by atoms with van der Waals surface area (Å²) in [4.78, 5) is 12.3. The van der Waals surface area contributed by atoms with Gasteiger partial charge < -0.3 is 15.0 Å². The molecule has 160 valence electrons. The van der Waals surface area contributed by atoms with Crippen molar-refractivity contribution in [1.82, 2.24) is 19.6 Å². The Hall–Kier alpha value is -1.04. The van der Waals surface area contributed by atoms with Crippen molar-refractivity contribution >= 4 is 49.0 Å². The van der Waals surface area contributed by atoms with Crippen molar-refractivity contribution in [3.63, 3.8) is 0 Å². The second-order valence-electron chi connectivity index (χ2n) is 7.58. The number of nitrogens with zero attached hydrogens (tertiary/aromatic N) is 4. The number of hydrogen-bond donors (Lipinski definition) is 1. The molecule has 4 heterocycles. The molecule has 2 aromatic rings. The van der Waals surface area contributed by atoms with Gasteiger partial charge >= 0.3 is 0 Å². The summed E-state index contributed by atoms with van der Waals surface area (Å²) < 4.78 is 31.3. The predicted molar refractivity (Wildman–Crippen MR) is 116 cm³/mol. The van der Waals surface area contributed by atoms with E-state index in [4.69, 9.17) is 16.3 Å². The third-order valence-electron chi connectivity index (χ3n) is 5.46. The monoisotopic (exact) mass is 459 g/mol. The Balaban J connectivity index is 1.37. The van der Waals surface area contributed by atoms with Crippen molar-refractivity contribution in [3.8, 4) is 0 Å². The minimum absolute atomic E-state index is 0.272. The number of morpholine rings is 1. The van der Waals surface area contributed by atoms with Crippen LogP contribution in [0.5, 0.6) is 0 Å². The van der Waals surface area contributed by atoms with Crippen molar-refractivity contribution < 1.29 is 13.2 Å². The summed E-state index contributed by atoms with van der Waals surface area (Å²) in [7, 11) is -3.07. The van der Waals surface area contributed by atoms with Crippen LogP contribution in [-0.2, 0) is 21.3 Å². The zero-order chi connectivity index (χ0) is 20.4. The van der Waals surface area contributed by atoms with Gasteiger partial charge in [-0.2, -0.15) is 4.98 Å². The second-order valence-corrected chi connectivity index (χ2v) is 11.0. The molecule has 0 aliphatic carbocycles. The Morgan fingerprint density at radius 1 is 1.24 bits per heavy atom. The normalized spacial score (nSPS) is 19.9. The fourth-order valence-electron chi connectivity index (χ4n) is 3.86. The predicted octanol–water partition coefficient (Wildman–Crippen LogP) is 1.94. The molecule has 8 nitrogen and oxygen atoms in total. The van der Waals surface area contributed by atoms with E-state index in [1.54, 1.807) is 15.6 Å². The van der Waals surface area contributed by atoms with Crippen molar-refractivity contribution in [3.05, 3.63) is 16.2 Å². The standard InChI is InChI=1S/C18H26ClN5O3S2/c1-29(25,26)24-4-2-13(3-5-24)11-20-12-14-10-15-16(28-14)17(22-18(19)21-15)23-6-8-27-9-7-23/h10,13,20H,2-9,11-12H2,1H3. The second kappa shape index (κ2) is 8.99. The van der Waals surface area contributed by atoms with Gasteiger partial charge in [-0.3, -0.25) is 0 Å². The number of nitrogens with one attached hydrogen (secondary N) is 1. The molecule has 0 aromatic carbocycles. The van der Waals surface area contributed by atoms with E-state index in [0.29, 0.717) is 32.2 Å². The third-order valence-corrected chi connectivity index (χ3v) is 8.06. The first kappa shape index (κ1) is 21.2. The van der Waals surface area contributed by atoms with Crippen LogP contribution in [0.25, 0.3) is 10.2 Å². The molecule has 0 atom stereocenters. The number of anilines is 1. The molecule has 4 rings (SSSR count). The molecule has 0 amide bonds. The molecule has 0 radical (unpaired) electrons. The van der Waals surface area contributed by atoms with Gasteiger partial charge in [0.05, 0.1) is 29.7 Å². The van der Waals surface area contributed by atoms with Gasteiger partial charge in [0, 0.05) is 37.6 Å². The Kier molecular flexibility index (Phi) is 6.57. The van der Waals surface area contributed by atoms with E-state index in [-0.39, 0.29) is 5.28 Å². The van der Waals surface area contributed by atoms with Crippen LogP contribution in [0.1, 0.15) is 17.7 Å². The summed E-state index contributed by atoms with van der Waals surface area (Å²) in [6.07, 6.45) is 3.08. The molecule has 1 N–H and O–H groups in total. The number of thiophene rings is 1. The minimum Gasteiger partial charge on any atom is -0.378 e. The summed E-state index contributed by atoms with van der Waals surface area (Å²) in [5.41, 5.74) is 0.884. The summed E-state index contributed by atoms with van der Waals surface area (Å²) >= 11 is 7.86. The van der Waals surface area contributed by atoms with Crippen LogP contribution >= 0.6 is 22.9 Å². The molecular formula is C18H26ClN5O3S2. The smallest absolute Gasteiger partial charge is 0.224 e. The highest BCUT2D eigenvalue weighted by Gasteiger charge is 2.24. The lowest BCUT2D eigenvalue weighted by Crippen LogP contribution is -2.40. The van der Waals surface area contributed by atoms with Crippen LogP contribution in [0.2, 0.25) is 5.28 Å².